The molecule has 33 heavy (non-hydrogen) atoms. The summed E-state index contributed by atoms with van der Waals surface area (Å²) in [5.74, 6) is -1.25. The highest BCUT2D eigenvalue weighted by Gasteiger charge is 2.48. The summed E-state index contributed by atoms with van der Waals surface area (Å²) >= 11 is 7.65. The molecule has 7 heteroatoms. The van der Waals surface area contributed by atoms with E-state index < -0.39 is 17.7 Å². The van der Waals surface area contributed by atoms with Gasteiger partial charge in [-0.1, -0.05) is 17.7 Å². The number of benzene rings is 2. The molecule has 2 heterocycles. The highest BCUT2D eigenvalue weighted by atomic mass is 35.5. The van der Waals surface area contributed by atoms with Gasteiger partial charge in [-0.25, -0.2) is 0 Å². The minimum Gasteiger partial charge on any atom is -0.507 e. The van der Waals surface area contributed by atoms with E-state index in [0.717, 1.165) is 21.6 Å². The zero-order chi connectivity index (χ0) is 23.9. The number of aliphatic hydroxyl groups excluding tert-OH is 1. The number of hydrogen-bond acceptors (Lipinski definition) is 5. The fourth-order valence-electron chi connectivity index (χ4n) is 3.96. The maximum absolute atomic E-state index is 13.3. The molecular formula is C26H24ClNO4S. The van der Waals surface area contributed by atoms with Gasteiger partial charge in [-0.2, -0.15) is 0 Å². The number of Topliss-reactive ketones (excluding diaryl/α,β-unsaturated/α-hetero) is 1. The van der Waals surface area contributed by atoms with E-state index in [1.54, 1.807) is 18.2 Å². The molecule has 0 radical (unpaired) electrons. The van der Waals surface area contributed by atoms with Crippen LogP contribution >= 0.6 is 22.9 Å². The summed E-state index contributed by atoms with van der Waals surface area (Å²) in [5.41, 5.74) is 4.06. The van der Waals surface area contributed by atoms with Crippen molar-refractivity contribution in [3.63, 3.8) is 0 Å². The predicted octanol–water partition coefficient (Wildman–Crippen LogP) is 6.35. The number of anilines is 1. The maximum atomic E-state index is 13.3. The molecule has 3 aromatic rings. The van der Waals surface area contributed by atoms with Gasteiger partial charge in [0.05, 0.1) is 17.2 Å². The first-order chi connectivity index (χ1) is 15.7. The highest BCUT2D eigenvalue weighted by molar-refractivity contribution is 7.10. The van der Waals surface area contributed by atoms with Crippen LogP contribution < -0.4 is 9.64 Å². The monoisotopic (exact) mass is 481 g/mol. The first kappa shape index (κ1) is 23.1. The number of halogens is 1. The zero-order valence-electron chi connectivity index (χ0n) is 18.8. The fraction of sp³-hybridized carbons (Fsp3) is 0.231. The van der Waals surface area contributed by atoms with Gasteiger partial charge in [-0.05, 0) is 86.2 Å². The van der Waals surface area contributed by atoms with Crippen molar-refractivity contribution in [1.82, 2.24) is 0 Å². The minimum absolute atomic E-state index is 0.0496. The standard InChI is InChI=1S/C26H24ClNO4S/c1-5-32-20-13-17(7-9-19(20)27)23(29)21-22(25-15(3)10-11-33-25)28(26(31)24(21)30)18-8-6-14(2)16(4)12-18/h6-13,22,29H,5H2,1-4H3/b23-21-. The van der Waals surface area contributed by atoms with Crippen LogP contribution in [0.15, 0.2) is 53.4 Å². The van der Waals surface area contributed by atoms with Crippen molar-refractivity contribution in [2.75, 3.05) is 11.5 Å². The van der Waals surface area contributed by atoms with Crippen molar-refractivity contribution in [3.8, 4) is 5.75 Å². The summed E-state index contributed by atoms with van der Waals surface area (Å²) < 4.78 is 5.55. The Morgan fingerprint density at radius 2 is 1.82 bits per heavy atom. The number of thiophene rings is 1. The number of ether oxygens (including phenoxy) is 1. The Labute approximate surface area is 201 Å². The number of ketones is 1. The molecule has 1 fully saturated rings. The molecule has 1 aromatic heterocycles. The van der Waals surface area contributed by atoms with E-state index in [1.165, 1.54) is 16.2 Å². The van der Waals surface area contributed by atoms with Crippen LogP contribution in [0, 0.1) is 20.8 Å². The summed E-state index contributed by atoms with van der Waals surface area (Å²) in [6, 6.07) is 11.7. The first-order valence-corrected chi connectivity index (χ1v) is 11.8. The van der Waals surface area contributed by atoms with E-state index in [0.29, 0.717) is 28.6 Å². The molecule has 1 unspecified atom stereocenters. The molecular weight excluding hydrogens is 458 g/mol. The van der Waals surface area contributed by atoms with E-state index in [4.69, 9.17) is 16.3 Å². The molecule has 0 bridgehead atoms. The van der Waals surface area contributed by atoms with Gasteiger partial charge in [-0.3, -0.25) is 14.5 Å². The summed E-state index contributed by atoms with van der Waals surface area (Å²) in [6.45, 7) is 8.11. The van der Waals surface area contributed by atoms with Crippen LogP contribution in [-0.2, 0) is 9.59 Å². The Hall–Kier alpha value is -3.09. The Bertz CT molecular complexity index is 1290. The predicted molar refractivity (Wildman–Crippen MR) is 132 cm³/mol. The third kappa shape index (κ3) is 4.05. The van der Waals surface area contributed by atoms with Gasteiger partial charge >= 0.3 is 0 Å². The van der Waals surface area contributed by atoms with Crippen LogP contribution in [0.1, 0.15) is 40.1 Å². The minimum atomic E-state index is -0.738. The maximum Gasteiger partial charge on any atom is 0.300 e. The van der Waals surface area contributed by atoms with Gasteiger partial charge in [0.2, 0.25) is 0 Å². The number of hydrogen-bond donors (Lipinski definition) is 1. The molecule has 5 nitrogen and oxygen atoms in total. The second kappa shape index (κ2) is 9.04. The van der Waals surface area contributed by atoms with Crippen molar-refractivity contribution in [2.24, 2.45) is 0 Å². The lowest BCUT2D eigenvalue weighted by molar-refractivity contribution is -0.132. The average molecular weight is 482 g/mol. The molecule has 170 valence electrons. The summed E-state index contributed by atoms with van der Waals surface area (Å²) in [7, 11) is 0. The third-order valence-electron chi connectivity index (χ3n) is 5.87. The lowest BCUT2D eigenvalue weighted by Gasteiger charge is -2.25. The number of amides is 1. The largest absolute Gasteiger partial charge is 0.507 e. The molecule has 1 aliphatic heterocycles. The smallest absolute Gasteiger partial charge is 0.300 e. The molecule has 1 aliphatic rings. The summed E-state index contributed by atoms with van der Waals surface area (Å²) in [5, 5.41) is 13.6. The Kier molecular flexibility index (Phi) is 6.32. The molecule has 0 saturated carbocycles. The van der Waals surface area contributed by atoms with Crippen molar-refractivity contribution in [1.29, 1.82) is 0 Å². The highest BCUT2D eigenvalue weighted by Crippen LogP contribution is 2.45. The topological polar surface area (TPSA) is 66.8 Å². The Morgan fingerprint density at radius 1 is 1.06 bits per heavy atom. The van der Waals surface area contributed by atoms with E-state index in [9.17, 15) is 14.7 Å². The molecule has 2 aromatic carbocycles. The average Bonchev–Trinajstić information content (AvgIpc) is 3.32. The van der Waals surface area contributed by atoms with Crippen molar-refractivity contribution < 1.29 is 19.4 Å². The van der Waals surface area contributed by atoms with Gasteiger partial charge < -0.3 is 9.84 Å². The van der Waals surface area contributed by atoms with E-state index in [1.807, 2.05) is 57.3 Å². The van der Waals surface area contributed by atoms with Gasteiger partial charge in [0.1, 0.15) is 17.6 Å². The Morgan fingerprint density at radius 3 is 2.45 bits per heavy atom. The molecule has 1 saturated heterocycles. The molecule has 1 atom stereocenters. The molecule has 1 amide bonds. The lowest BCUT2D eigenvalue weighted by atomic mass is 9.98. The van der Waals surface area contributed by atoms with Crippen LogP contribution in [0.4, 0.5) is 5.69 Å². The molecule has 0 aliphatic carbocycles. The van der Waals surface area contributed by atoms with Crippen molar-refractivity contribution in [3.05, 3.63) is 85.6 Å². The summed E-state index contributed by atoms with van der Waals surface area (Å²) in [6.07, 6.45) is 0. The van der Waals surface area contributed by atoms with Crippen molar-refractivity contribution >= 4 is 46.1 Å². The van der Waals surface area contributed by atoms with Gasteiger partial charge in [-0.15, -0.1) is 11.3 Å². The molecule has 4 rings (SSSR count). The van der Waals surface area contributed by atoms with Gasteiger partial charge in [0, 0.05) is 16.1 Å². The first-order valence-electron chi connectivity index (χ1n) is 10.6. The van der Waals surface area contributed by atoms with Crippen molar-refractivity contribution in [2.45, 2.75) is 33.7 Å². The quantitative estimate of drug-likeness (QED) is 0.262. The lowest BCUT2D eigenvalue weighted by Crippen LogP contribution is -2.29. The third-order valence-corrected chi connectivity index (χ3v) is 7.25. The van der Waals surface area contributed by atoms with E-state index >= 15 is 0 Å². The number of carbonyl (C=O) groups is 2. The van der Waals surface area contributed by atoms with Crippen LogP contribution in [0.25, 0.3) is 5.76 Å². The molecule has 1 N–H and O–H groups in total. The fourth-order valence-corrected chi connectivity index (χ4v) is 5.16. The van der Waals surface area contributed by atoms with Crippen LogP contribution in [0.5, 0.6) is 5.75 Å². The second-order valence-electron chi connectivity index (χ2n) is 7.98. The SMILES string of the molecule is CCOc1cc(/C(O)=C2/C(=O)C(=O)N(c3ccc(C)c(C)c3)C2c2sccc2C)ccc1Cl. The Balaban J connectivity index is 1.94. The normalized spacial score (nSPS) is 17.6. The zero-order valence-corrected chi connectivity index (χ0v) is 20.4. The number of aliphatic hydroxyl groups is 1. The van der Waals surface area contributed by atoms with Gasteiger partial charge in [0.25, 0.3) is 11.7 Å². The second-order valence-corrected chi connectivity index (χ2v) is 9.34. The van der Waals surface area contributed by atoms with E-state index in [-0.39, 0.29) is 11.3 Å². The van der Waals surface area contributed by atoms with E-state index in [2.05, 4.69) is 0 Å². The van der Waals surface area contributed by atoms with Crippen LogP contribution in [0.3, 0.4) is 0 Å². The summed E-state index contributed by atoms with van der Waals surface area (Å²) in [4.78, 5) is 28.9. The number of nitrogens with zero attached hydrogens (tertiary/aromatic N) is 1. The van der Waals surface area contributed by atoms with Crippen LogP contribution in [-0.4, -0.2) is 23.4 Å². The number of rotatable bonds is 5. The molecule has 0 spiro atoms. The van der Waals surface area contributed by atoms with Crippen LogP contribution in [0.2, 0.25) is 5.02 Å². The van der Waals surface area contributed by atoms with Gasteiger partial charge in [0.15, 0.2) is 0 Å². The number of carbonyl (C=O) groups excluding carboxylic acids is 2. The number of aryl methyl sites for hydroxylation is 3.